The standard InChI is InChI=1S/C17H29N3O.2ClH/c1-11(2)14(5)20-16-8-6-7-15(13(16)4)17(21)19-10-9-12(3)18;;/h6-8,11-12,14,20H,9-10,18H2,1-5H3,(H,19,21);2*1H. The zero-order valence-electron chi connectivity index (χ0n) is 14.7. The fraction of sp³-hybridized carbons (Fsp3) is 0.588. The lowest BCUT2D eigenvalue weighted by Crippen LogP contribution is -2.29. The Morgan fingerprint density at radius 2 is 1.78 bits per heavy atom. The number of anilines is 1. The van der Waals surface area contributed by atoms with Crippen LogP contribution in [0.1, 0.15) is 50.0 Å². The normalized spacial score (nSPS) is 12.7. The zero-order chi connectivity index (χ0) is 16.0. The first kappa shape index (κ1) is 24.3. The average molecular weight is 364 g/mol. The second kappa shape index (κ2) is 11.5. The monoisotopic (exact) mass is 363 g/mol. The van der Waals surface area contributed by atoms with Crippen molar-refractivity contribution < 1.29 is 4.79 Å². The summed E-state index contributed by atoms with van der Waals surface area (Å²) in [5.41, 5.74) is 8.43. The number of hydrogen-bond acceptors (Lipinski definition) is 3. The van der Waals surface area contributed by atoms with Gasteiger partial charge in [0.2, 0.25) is 0 Å². The van der Waals surface area contributed by atoms with Crippen LogP contribution < -0.4 is 16.4 Å². The molecule has 0 heterocycles. The molecule has 1 aromatic rings. The highest BCUT2D eigenvalue weighted by molar-refractivity contribution is 5.97. The molecule has 0 aliphatic carbocycles. The minimum atomic E-state index is -0.0333. The summed E-state index contributed by atoms with van der Waals surface area (Å²) < 4.78 is 0. The van der Waals surface area contributed by atoms with Crippen molar-refractivity contribution in [2.45, 2.75) is 53.1 Å². The number of carbonyl (C=O) groups excluding carboxylic acids is 1. The van der Waals surface area contributed by atoms with Crippen molar-refractivity contribution >= 4 is 36.4 Å². The van der Waals surface area contributed by atoms with Crippen molar-refractivity contribution in [2.24, 2.45) is 11.7 Å². The van der Waals surface area contributed by atoms with Crippen LogP contribution in [0.5, 0.6) is 0 Å². The summed E-state index contributed by atoms with van der Waals surface area (Å²) in [6.07, 6.45) is 0.785. The summed E-state index contributed by atoms with van der Waals surface area (Å²) in [5, 5.41) is 6.41. The van der Waals surface area contributed by atoms with Crippen LogP contribution in [0.3, 0.4) is 0 Å². The summed E-state index contributed by atoms with van der Waals surface area (Å²) >= 11 is 0. The molecule has 23 heavy (non-hydrogen) atoms. The van der Waals surface area contributed by atoms with Crippen LogP contribution in [-0.2, 0) is 0 Å². The van der Waals surface area contributed by atoms with Crippen molar-refractivity contribution in [3.8, 4) is 0 Å². The number of halogens is 2. The summed E-state index contributed by atoms with van der Waals surface area (Å²) in [6, 6.07) is 6.27. The third-order valence-electron chi connectivity index (χ3n) is 3.85. The fourth-order valence-corrected chi connectivity index (χ4v) is 1.96. The van der Waals surface area contributed by atoms with Gasteiger partial charge in [0.25, 0.3) is 5.91 Å². The molecule has 1 aromatic carbocycles. The van der Waals surface area contributed by atoms with Gasteiger partial charge in [0.05, 0.1) is 0 Å². The van der Waals surface area contributed by atoms with E-state index in [0.717, 1.165) is 23.2 Å². The quantitative estimate of drug-likeness (QED) is 0.690. The van der Waals surface area contributed by atoms with Gasteiger partial charge in [-0.25, -0.2) is 0 Å². The Kier molecular flexibility index (Phi) is 12.2. The Morgan fingerprint density at radius 1 is 1.17 bits per heavy atom. The molecule has 134 valence electrons. The van der Waals surface area contributed by atoms with Crippen molar-refractivity contribution in [1.29, 1.82) is 0 Å². The number of nitrogens with one attached hydrogen (secondary N) is 2. The van der Waals surface area contributed by atoms with E-state index in [1.165, 1.54) is 0 Å². The summed E-state index contributed by atoms with van der Waals surface area (Å²) in [5.74, 6) is 0.502. The highest BCUT2D eigenvalue weighted by atomic mass is 35.5. The fourth-order valence-electron chi connectivity index (χ4n) is 1.96. The Hall–Kier alpha value is -0.970. The number of hydrogen-bond donors (Lipinski definition) is 3. The third kappa shape index (κ3) is 7.91. The van der Waals surface area contributed by atoms with Crippen LogP contribution >= 0.6 is 24.8 Å². The van der Waals surface area contributed by atoms with Crippen molar-refractivity contribution in [1.82, 2.24) is 5.32 Å². The van der Waals surface area contributed by atoms with Crippen LogP contribution in [0.2, 0.25) is 0 Å². The molecule has 4 N–H and O–H groups in total. The van der Waals surface area contributed by atoms with Gasteiger partial charge >= 0.3 is 0 Å². The Labute approximate surface area is 152 Å². The first-order valence-corrected chi connectivity index (χ1v) is 7.72. The zero-order valence-corrected chi connectivity index (χ0v) is 16.3. The van der Waals surface area contributed by atoms with Crippen LogP contribution in [-0.4, -0.2) is 24.5 Å². The van der Waals surface area contributed by atoms with Gasteiger partial charge in [-0.3, -0.25) is 4.79 Å². The van der Waals surface area contributed by atoms with Crippen LogP contribution in [0, 0.1) is 12.8 Å². The predicted molar refractivity (Wildman–Crippen MR) is 104 cm³/mol. The summed E-state index contributed by atoms with van der Waals surface area (Å²) in [6.45, 7) is 11.0. The largest absolute Gasteiger partial charge is 0.382 e. The van der Waals surface area contributed by atoms with Gasteiger partial charge in [-0.1, -0.05) is 19.9 Å². The first-order valence-electron chi connectivity index (χ1n) is 7.72. The molecule has 0 spiro atoms. The third-order valence-corrected chi connectivity index (χ3v) is 3.85. The maximum atomic E-state index is 12.2. The van der Waals surface area contributed by atoms with E-state index < -0.39 is 0 Å². The van der Waals surface area contributed by atoms with Crippen LogP contribution in [0.4, 0.5) is 5.69 Å². The Balaban J connectivity index is 0. The van der Waals surface area contributed by atoms with Gasteiger partial charge in [0.1, 0.15) is 0 Å². The number of amides is 1. The average Bonchev–Trinajstić information content (AvgIpc) is 2.40. The van der Waals surface area contributed by atoms with Crippen LogP contribution in [0.15, 0.2) is 18.2 Å². The second-order valence-electron chi connectivity index (χ2n) is 6.18. The van der Waals surface area contributed by atoms with E-state index in [1.807, 2.05) is 32.0 Å². The minimum absolute atomic E-state index is 0. The van der Waals surface area contributed by atoms with E-state index in [9.17, 15) is 4.79 Å². The van der Waals surface area contributed by atoms with E-state index in [-0.39, 0.29) is 36.8 Å². The van der Waals surface area contributed by atoms with E-state index >= 15 is 0 Å². The Morgan fingerprint density at radius 3 is 2.30 bits per heavy atom. The lowest BCUT2D eigenvalue weighted by molar-refractivity contribution is 0.0952. The van der Waals surface area contributed by atoms with Crippen molar-refractivity contribution in [3.05, 3.63) is 29.3 Å². The highest BCUT2D eigenvalue weighted by Crippen LogP contribution is 2.21. The molecule has 0 bridgehead atoms. The second-order valence-corrected chi connectivity index (χ2v) is 6.18. The molecule has 0 saturated heterocycles. The molecular weight excluding hydrogens is 333 g/mol. The molecule has 0 radical (unpaired) electrons. The first-order chi connectivity index (χ1) is 9.82. The maximum Gasteiger partial charge on any atom is 0.251 e. The topological polar surface area (TPSA) is 67.2 Å². The molecule has 2 atom stereocenters. The van der Waals surface area contributed by atoms with E-state index in [1.54, 1.807) is 0 Å². The van der Waals surface area contributed by atoms with Gasteiger partial charge in [-0.15, -0.1) is 24.8 Å². The van der Waals surface area contributed by atoms with Gasteiger partial charge in [0.15, 0.2) is 0 Å². The molecule has 1 rings (SSSR count). The predicted octanol–water partition coefficient (Wildman–Crippen LogP) is 3.76. The molecule has 0 fully saturated rings. The van der Waals surface area contributed by atoms with Gasteiger partial charge in [-0.2, -0.15) is 0 Å². The van der Waals surface area contributed by atoms with Gasteiger partial charge in [0, 0.05) is 29.9 Å². The Bertz CT molecular complexity index is 479. The molecule has 1 amide bonds. The SMILES string of the molecule is Cc1c(NC(C)C(C)C)cccc1C(=O)NCCC(C)N.Cl.Cl. The number of nitrogens with two attached hydrogens (primary N) is 1. The minimum Gasteiger partial charge on any atom is -0.382 e. The molecule has 0 aliphatic heterocycles. The number of rotatable bonds is 7. The summed E-state index contributed by atoms with van der Waals surface area (Å²) in [4.78, 5) is 12.2. The van der Waals surface area contributed by atoms with E-state index in [4.69, 9.17) is 5.73 Å². The van der Waals surface area contributed by atoms with Crippen LogP contribution in [0.25, 0.3) is 0 Å². The molecule has 2 unspecified atom stereocenters. The number of carbonyl (C=O) groups is 1. The van der Waals surface area contributed by atoms with E-state index in [2.05, 4.69) is 31.4 Å². The van der Waals surface area contributed by atoms with Crippen molar-refractivity contribution in [3.63, 3.8) is 0 Å². The lowest BCUT2D eigenvalue weighted by atomic mass is 10.0. The van der Waals surface area contributed by atoms with Gasteiger partial charge < -0.3 is 16.4 Å². The molecule has 0 saturated carbocycles. The van der Waals surface area contributed by atoms with Crippen molar-refractivity contribution in [2.75, 3.05) is 11.9 Å². The molecule has 4 nitrogen and oxygen atoms in total. The molecule has 6 heteroatoms. The smallest absolute Gasteiger partial charge is 0.251 e. The number of benzene rings is 1. The maximum absolute atomic E-state index is 12.2. The lowest BCUT2D eigenvalue weighted by Gasteiger charge is -2.21. The van der Waals surface area contributed by atoms with Gasteiger partial charge in [-0.05, 0) is 50.8 Å². The highest BCUT2D eigenvalue weighted by Gasteiger charge is 2.13. The molecule has 0 aliphatic rings. The molecular formula is C17H31Cl2N3O. The summed E-state index contributed by atoms with van der Waals surface area (Å²) in [7, 11) is 0. The van der Waals surface area contributed by atoms with E-state index in [0.29, 0.717) is 18.5 Å². The molecule has 0 aromatic heterocycles.